The molecule has 1 atom stereocenters. The average molecular weight is 328 g/mol. The molecule has 20 heavy (non-hydrogen) atoms. The highest BCUT2D eigenvalue weighted by molar-refractivity contribution is 9.10. The maximum Gasteiger partial charge on any atom is 0.0934 e. The van der Waals surface area contributed by atoms with Gasteiger partial charge in [-0.15, -0.1) is 0 Å². The van der Waals surface area contributed by atoms with Crippen LogP contribution in [0.5, 0.6) is 0 Å². The van der Waals surface area contributed by atoms with Gasteiger partial charge in [0.05, 0.1) is 11.0 Å². The van der Waals surface area contributed by atoms with E-state index in [1.807, 2.05) is 30.3 Å². The van der Waals surface area contributed by atoms with E-state index in [1.165, 1.54) is 5.56 Å². The lowest BCUT2D eigenvalue weighted by molar-refractivity contribution is 0.726. The van der Waals surface area contributed by atoms with Gasteiger partial charge in [0.25, 0.3) is 0 Å². The lowest BCUT2D eigenvalue weighted by atomic mass is 9.98. The lowest BCUT2D eigenvalue weighted by Crippen LogP contribution is -2.14. The van der Waals surface area contributed by atoms with E-state index < -0.39 is 0 Å². The van der Waals surface area contributed by atoms with Crippen LogP contribution >= 0.6 is 15.9 Å². The predicted molar refractivity (Wildman–Crippen MR) is 84.3 cm³/mol. The van der Waals surface area contributed by atoms with Crippen molar-refractivity contribution in [3.8, 4) is 0 Å². The second-order valence-electron chi connectivity index (χ2n) is 4.71. The highest BCUT2D eigenvalue weighted by atomic mass is 79.9. The Morgan fingerprint density at radius 1 is 1.05 bits per heavy atom. The van der Waals surface area contributed by atoms with Gasteiger partial charge in [-0.2, -0.15) is 0 Å². The number of nitrogens with zero attached hydrogens (tertiary/aromatic N) is 2. The van der Waals surface area contributed by atoms with E-state index in [-0.39, 0.29) is 6.04 Å². The van der Waals surface area contributed by atoms with Crippen molar-refractivity contribution in [2.45, 2.75) is 12.5 Å². The van der Waals surface area contributed by atoms with E-state index in [9.17, 15) is 0 Å². The van der Waals surface area contributed by atoms with Gasteiger partial charge in [0, 0.05) is 22.9 Å². The van der Waals surface area contributed by atoms with Crippen LogP contribution in [0.15, 0.2) is 59.3 Å². The molecule has 2 N–H and O–H groups in total. The minimum absolute atomic E-state index is 0.0929. The Morgan fingerprint density at radius 3 is 2.70 bits per heavy atom. The molecular weight excluding hydrogens is 314 g/mol. The fraction of sp³-hybridized carbons (Fsp3) is 0.125. The van der Waals surface area contributed by atoms with Gasteiger partial charge in [0.15, 0.2) is 0 Å². The van der Waals surface area contributed by atoms with E-state index in [2.05, 4.69) is 38.0 Å². The predicted octanol–water partition coefficient (Wildman–Crippen LogP) is 3.63. The summed E-state index contributed by atoms with van der Waals surface area (Å²) in [6.45, 7) is 0. The lowest BCUT2D eigenvalue weighted by Gasteiger charge is -2.14. The minimum atomic E-state index is -0.0929. The Balaban J connectivity index is 1.94. The Morgan fingerprint density at radius 2 is 1.85 bits per heavy atom. The second-order valence-corrected chi connectivity index (χ2v) is 5.63. The first-order valence-corrected chi connectivity index (χ1v) is 7.23. The summed E-state index contributed by atoms with van der Waals surface area (Å²) >= 11 is 3.48. The zero-order valence-corrected chi connectivity index (χ0v) is 12.4. The average Bonchev–Trinajstić information content (AvgIpc) is 2.46. The van der Waals surface area contributed by atoms with Crippen molar-refractivity contribution in [3.05, 3.63) is 70.5 Å². The number of hydrogen-bond acceptors (Lipinski definition) is 3. The number of rotatable bonds is 3. The van der Waals surface area contributed by atoms with E-state index in [4.69, 9.17) is 5.73 Å². The molecule has 1 heterocycles. The number of benzene rings is 2. The third kappa shape index (κ3) is 2.71. The van der Waals surface area contributed by atoms with E-state index >= 15 is 0 Å². The molecule has 0 saturated carbocycles. The monoisotopic (exact) mass is 327 g/mol. The largest absolute Gasteiger partial charge is 0.324 e. The van der Waals surface area contributed by atoms with Crippen LogP contribution < -0.4 is 5.73 Å². The molecule has 0 aliphatic carbocycles. The number of halogens is 1. The van der Waals surface area contributed by atoms with Crippen LogP contribution in [0.25, 0.3) is 11.0 Å². The first kappa shape index (κ1) is 13.2. The molecule has 1 aromatic heterocycles. The SMILES string of the molecule is NC(Cc1cccc(Br)c1)c1cccc2nccnc12. The number of aromatic nitrogens is 2. The molecule has 2 aromatic carbocycles. The molecule has 0 radical (unpaired) electrons. The standard InChI is InChI=1S/C16H14BrN3/c17-12-4-1-3-11(9-12)10-14(18)13-5-2-6-15-16(13)20-8-7-19-15/h1-9,14H,10,18H2. The zero-order valence-electron chi connectivity index (χ0n) is 10.8. The molecule has 0 bridgehead atoms. The van der Waals surface area contributed by atoms with Gasteiger partial charge in [-0.05, 0) is 35.7 Å². The van der Waals surface area contributed by atoms with Crippen molar-refractivity contribution < 1.29 is 0 Å². The van der Waals surface area contributed by atoms with Gasteiger partial charge in [-0.25, -0.2) is 0 Å². The first-order chi connectivity index (χ1) is 9.74. The molecular formula is C16H14BrN3. The first-order valence-electron chi connectivity index (χ1n) is 6.44. The summed E-state index contributed by atoms with van der Waals surface area (Å²) in [5.74, 6) is 0. The van der Waals surface area contributed by atoms with Crippen LogP contribution in [0.4, 0.5) is 0 Å². The second kappa shape index (κ2) is 5.69. The van der Waals surface area contributed by atoms with Crippen molar-refractivity contribution in [2.24, 2.45) is 5.73 Å². The molecule has 100 valence electrons. The highest BCUT2D eigenvalue weighted by Crippen LogP contribution is 2.23. The fourth-order valence-corrected chi connectivity index (χ4v) is 2.79. The van der Waals surface area contributed by atoms with Crippen LogP contribution in [-0.4, -0.2) is 9.97 Å². The third-order valence-electron chi connectivity index (χ3n) is 3.27. The summed E-state index contributed by atoms with van der Waals surface area (Å²) in [6, 6.07) is 14.1. The Labute approximate surface area is 126 Å². The molecule has 0 amide bonds. The maximum absolute atomic E-state index is 6.36. The van der Waals surface area contributed by atoms with Crippen molar-refractivity contribution in [1.82, 2.24) is 9.97 Å². The quantitative estimate of drug-likeness (QED) is 0.799. The van der Waals surface area contributed by atoms with Crippen molar-refractivity contribution in [1.29, 1.82) is 0 Å². The molecule has 0 aliphatic rings. The van der Waals surface area contributed by atoms with Crippen LogP contribution in [0.1, 0.15) is 17.2 Å². The molecule has 0 fully saturated rings. The zero-order chi connectivity index (χ0) is 13.9. The molecule has 3 nitrogen and oxygen atoms in total. The molecule has 0 aliphatic heterocycles. The van der Waals surface area contributed by atoms with Gasteiger partial charge in [0.2, 0.25) is 0 Å². The molecule has 3 rings (SSSR count). The van der Waals surface area contributed by atoms with Crippen molar-refractivity contribution in [3.63, 3.8) is 0 Å². The molecule has 3 aromatic rings. The van der Waals surface area contributed by atoms with E-state index in [0.29, 0.717) is 0 Å². The third-order valence-corrected chi connectivity index (χ3v) is 3.77. The Hall–Kier alpha value is -1.78. The van der Waals surface area contributed by atoms with E-state index in [1.54, 1.807) is 12.4 Å². The number of nitrogens with two attached hydrogens (primary N) is 1. The summed E-state index contributed by atoms with van der Waals surface area (Å²) in [4.78, 5) is 8.73. The van der Waals surface area contributed by atoms with Gasteiger partial charge in [0.1, 0.15) is 0 Å². The van der Waals surface area contributed by atoms with Gasteiger partial charge in [-0.3, -0.25) is 9.97 Å². The smallest absolute Gasteiger partial charge is 0.0934 e. The van der Waals surface area contributed by atoms with Crippen LogP contribution in [-0.2, 0) is 6.42 Å². The number of fused-ring (bicyclic) bond motifs is 1. The minimum Gasteiger partial charge on any atom is -0.324 e. The molecule has 0 saturated heterocycles. The van der Waals surface area contributed by atoms with E-state index in [0.717, 1.165) is 27.5 Å². The summed E-state index contributed by atoms with van der Waals surface area (Å²) < 4.78 is 1.07. The Bertz CT molecular complexity index is 737. The maximum atomic E-state index is 6.36. The summed E-state index contributed by atoms with van der Waals surface area (Å²) in [6.07, 6.45) is 4.18. The van der Waals surface area contributed by atoms with Crippen LogP contribution in [0.3, 0.4) is 0 Å². The normalized spacial score (nSPS) is 12.5. The van der Waals surface area contributed by atoms with Gasteiger partial charge < -0.3 is 5.73 Å². The van der Waals surface area contributed by atoms with Gasteiger partial charge in [-0.1, -0.05) is 40.2 Å². The number of para-hydroxylation sites is 1. The van der Waals surface area contributed by atoms with Crippen LogP contribution in [0, 0.1) is 0 Å². The van der Waals surface area contributed by atoms with Crippen molar-refractivity contribution in [2.75, 3.05) is 0 Å². The van der Waals surface area contributed by atoms with Gasteiger partial charge >= 0.3 is 0 Å². The highest BCUT2D eigenvalue weighted by Gasteiger charge is 2.12. The molecule has 4 heteroatoms. The Kier molecular flexibility index (Phi) is 3.76. The molecule has 1 unspecified atom stereocenters. The molecule has 0 spiro atoms. The number of hydrogen-bond donors (Lipinski definition) is 1. The summed E-state index contributed by atoms with van der Waals surface area (Å²) in [5.41, 5.74) is 10.4. The topological polar surface area (TPSA) is 51.8 Å². The summed E-state index contributed by atoms with van der Waals surface area (Å²) in [5, 5.41) is 0. The van der Waals surface area contributed by atoms with Crippen LogP contribution in [0.2, 0.25) is 0 Å². The fourth-order valence-electron chi connectivity index (χ4n) is 2.34. The summed E-state index contributed by atoms with van der Waals surface area (Å²) in [7, 11) is 0. The van der Waals surface area contributed by atoms with Crippen molar-refractivity contribution >= 4 is 27.0 Å².